The van der Waals surface area contributed by atoms with Crippen molar-refractivity contribution in [2.24, 2.45) is 0 Å². The largest absolute Gasteiger partial charge is 0.467 e. The Morgan fingerprint density at radius 3 is 2.35 bits per heavy atom. The second kappa shape index (κ2) is 11.1. The van der Waals surface area contributed by atoms with E-state index in [1.165, 1.54) is 12.0 Å². The first-order valence-electron chi connectivity index (χ1n) is 9.78. The Morgan fingerprint density at radius 1 is 1.03 bits per heavy atom. The molecule has 1 N–H and O–H groups in total. The predicted octanol–water partition coefficient (Wildman–Crippen LogP) is 2.54. The summed E-state index contributed by atoms with van der Waals surface area (Å²) in [7, 11) is 1.30. The summed E-state index contributed by atoms with van der Waals surface area (Å²) in [6.07, 6.45) is 0. The van der Waals surface area contributed by atoms with Gasteiger partial charge in [-0.3, -0.25) is 14.5 Å². The zero-order valence-electron chi connectivity index (χ0n) is 17.1. The van der Waals surface area contributed by atoms with Crippen molar-refractivity contribution >= 4 is 46.1 Å². The van der Waals surface area contributed by atoms with Gasteiger partial charge in [0.05, 0.1) is 18.1 Å². The van der Waals surface area contributed by atoms with E-state index in [0.717, 1.165) is 5.75 Å². The van der Waals surface area contributed by atoms with Crippen molar-refractivity contribution in [3.05, 3.63) is 54.6 Å². The number of amides is 2. The quantitative estimate of drug-likeness (QED) is 0.332. The van der Waals surface area contributed by atoms with Crippen LogP contribution >= 0.6 is 22.6 Å². The van der Waals surface area contributed by atoms with Gasteiger partial charge >= 0.3 is 5.97 Å². The molecular weight excluding hydrogens is 513 g/mol. The zero-order chi connectivity index (χ0) is 22.2. The highest BCUT2D eigenvalue weighted by molar-refractivity contribution is 14.1. The van der Waals surface area contributed by atoms with E-state index in [9.17, 15) is 14.4 Å². The van der Waals surface area contributed by atoms with Gasteiger partial charge in [0.25, 0.3) is 0 Å². The lowest BCUT2D eigenvalue weighted by molar-refractivity contribution is -0.155. The van der Waals surface area contributed by atoms with Gasteiger partial charge in [-0.1, -0.05) is 40.8 Å². The van der Waals surface area contributed by atoms with E-state index in [1.807, 2.05) is 57.8 Å². The van der Waals surface area contributed by atoms with Crippen molar-refractivity contribution in [1.82, 2.24) is 9.80 Å². The minimum absolute atomic E-state index is 0.113. The maximum atomic E-state index is 12.5. The number of hydrogen-bond donors (Lipinski definition) is 1. The Morgan fingerprint density at radius 2 is 1.71 bits per heavy atom. The first-order chi connectivity index (χ1) is 15.0. The van der Waals surface area contributed by atoms with Crippen molar-refractivity contribution in [2.75, 3.05) is 43.0 Å². The minimum atomic E-state index is -0.705. The van der Waals surface area contributed by atoms with E-state index in [2.05, 4.69) is 5.32 Å². The number of rotatable bonds is 7. The molecule has 2 aromatic carbocycles. The first kappa shape index (κ1) is 23.0. The Labute approximate surface area is 194 Å². The van der Waals surface area contributed by atoms with Crippen molar-refractivity contribution in [3.8, 4) is 11.5 Å². The number of alkyl halides is 1. The lowest BCUT2D eigenvalue weighted by Gasteiger charge is -2.39. The van der Waals surface area contributed by atoms with E-state index < -0.39 is 12.0 Å². The molecule has 9 heteroatoms. The number of benzene rings is 2. The van der Waals surface area contributed by atoms with Gasteiger partial charge in [0, 0.05) is 25.3 Å². The molecule has 1 unspecified atom stereocenters. The second-order valence-electron chi connectivity index (χ2n) is 6.98. The summed E-state index contributed by atoms with van der Waals surface area (Å²) in [6.45, 7) is 1.25. The predicted molar refractivity (Wildman–Crippen MR) is 124 cm³/mol. The fourth-order valence-electron chi connectivity index (χ4n) is 3.33. The van der Waals surface area contributed by atoms with Gasteiger partial charge in [0.15, 0.2) is 0 Å². The highest BCUT2D eigenvalue weighted by atomic mass is 127. The Hall–Kier alpha value is -2.66. The molecule has 1 heterocycles. The molecule has 1 saturated heterocycles. The summed E-state index contributed by atoms with van der Waals surface area (Å²) in [4.78, 5) is 40.1. The minimum Gasteiger partial charge on any atom is -0.467 e. The number of nitrogens with one attached hydrogen (secondary N) is 1. The van der Waals surface area contributed by atoms with Gasteiger partial charge < -0.3 is 19.7 Å². The molecule has 1 fully saturated rings. The lowest BCUT2D eigenvalue weighted by Crippen LogP contribution is -2.59. The van der Waals surface area contributed by atoms with E-state index in [0.29, 0.717) is 24.5 Å². The fraction of sp³-hybridized carbons (Fsp3) is 0.318. The van der Waals surface area contributed by atoms with Gasteiger partial charge in [-0.15, -0.1) is 0 Å². The maximum Gasteiger partial charge on any atom is 0.329 e. The third-order valence-corrected chi connectivity index (χ3v) is 5.51. The van der Waals surface area contributed by atoms with E-state index in [-0.39, 0.29) is 29.3 Å². The van der Waals surface area contributed by atoms with Crippen LogP contribution in [0.2, 0.25) is 0 Å². The molecule has 0 aliphatic carbocycles. The SMILES string of the molecule is COC(=O)C1CN(CC(=O)Nc2ccc(Oc3ccccc3)cc2)CCN1C(=O)CI. The number of nitrogens with zero attached hydrogens (tertiary/aromatic N) is 2. The van der Waals surface area contributed by atoms with Gasteiger partial charge in [-0.05, 0) is 36.4 Å². The molecule has 0 aromatic heterocycles. The fourth-order valence-corrected chi connectivity index (χ4v) is 3.77. The van der Waals surface area contributed by atoms with Crippen LogP contribution in [0, 0.1) is 0 Å². The van der Waals surface area contributed by atoms with Gasteiger partial charge in [-0.2, -0.15) is 0 Å². The third-order valence-electron chi connectivity index (χ3n) is 4.86. The Balaban J connectivity index is 1.54. The van der Waals surface area contributed by atoms with Gasteiger partial charge in [-0.25, -0.2) is 4.79 Å². The normalized spacial score (nSPS) is 16.5. The summed E-state index contributed by atoms with van der Waals surface area (Å²) in [5.74, 6) is 0.616. The van der Waals surface area contributed by atoms with Crippen LogP contribution in [0.25, 0.3) is 0 Å². The average Bonchev–Trinajstić information content (AvgIpc) is 2.80. The number of halogens is 1. The molecule has 1 aliphatic heterocycles. The van der Waals surface area contributed by atoms with Crippen molar-refractivity contribution in [2.45, 2.75) is 6.04 Å². The molecule has 31 heavy (non-hydrogen) atoms. The standard InChI is InChI=1S/C22H24IN3O5/c1-30-22(29)19-14-25(11-12-26(19)21(28)13-23)15-20(27)24-16-7-9-18(10-8-16)31-17-5-3-2-4-6-17/h2-10,19H,11-15H2,1H3,(H,24,27). The Kier molecular flexibility index (Phi) is 8.24. The molecule has 2 aromatic rings. The molecule has 3 rings (SSSR count). The number of methoxy groups -OCH3 is 1. The van der Waals surface area contributed by atoms with Crippen molar-refractivity contribution < 1.29 is 23.9 Å². The monoisotopic (exact) mass is 537 g/mol. The summed E-state index contributed by atoms with van der Waals surface area (Å²) in [6, 6.07) is 15.8. The van der Waals surface area contributed by atoms with Crippen LogP contribution < -0.4 is 10.1 Å². The van der Waals surface area contributed by atoms with E-state index in [4.69, 9.17) is 9.47 Å². The van der Waals surface area contributed by atoms with Crippen molar-refractivity contribution in [1.29, 1.82) is 0 Å². The van der Waals surface area contributed by atoms with Crippen LogP contribution in [-0.2, 0) is 19.1 Å². The zero-order valence-corrected chi connectivity index (χ0v) is 19.3. The molecule has 164 valence electrons. The average molecular weight is 537 g/mol. The van der Waals surface area contributed by atoms with Crippen LogP contribution in [-0.4, -0.2) is 71.3 Å². The van der Waals surface area contributed by atoms with Crippen LogP contribution in [0.15, 0.2) is 54.6 Å². The molecule has 0 bridgehead atoms. The van der Waals surface area contributed by atoms with Crippen molar-refractivity contribution in [3.63, 3.8) is 0 Å². The molecule has 1 aliphatic rings. The van der Waals surface area contributed by atoms with Crippen LogP contribution in [0.4, 0.5) is 5.69 Å². The number of anilines is 1. The Bertz CT molecular complexity index is 907. The summed E-state index contributed by atoms with van der Waals surface area (Å²) in [5.41, 5.74) is 0.647. The topological polar surface area (TPSA) is 88.2 Å². The smallest absolute Gasteiger partial charge is 0.329 e. The van der Waals surface area contributed by atoms with Gasteiger partial charge in [0.2, 0.25) is 11.8 Å². The lowest BCUT2D eigenvalue weighted by atomic mass is 10.1. The number of piperazine rings is 1. The molecule has 0 spiro atoms. The number of esters is 1. The van der Waals surface area contributed by atoms with E-state index in [1.54, 1.807) is 24.3 Å². The summed E-state index contributed by atoms with van der Waals surface area (Å²) >= 11 is 1.98. The highest BCUT2D eigenvalue weighted by Gasteiger charge is 2.36. The van der Waals surface area contributed by atoms with Crippen LogP contribution in [0.3, 0.4) is 0 Å². The van der Waals surface area contributed by atoms with Crippen LogP contribution in [0.5, 0.6) is 11.5 Å². The number of ether oxygens (including phenoxy) is 2. The number of carbonyl (C=O) groups is 3. The molecule has 8 nitrogen and oxygen atoms in total. The molecule has 1 atom stereocenters. The number of para-hydroxylation sites is 1. The van der Waals surface area contributed by atoms with E-state index >= 15 is 0 Å². The summed E-state index contributed by atoms with van der Waals surface area (Å²) < 4.78 is 10.9. The number of carbonyl (C=O) groups excluding carboxylic acids is 3. The molecule has 2 amide bonds. The summed E-state index contributed by atoms with van der Waals surface area (Å²) in [5, 5.41) is 2.85. The van der Waals surface area contributed by atoms with Crippen LogP contribution in [0.1, 0.15) is 0 Å². The first-order valence-corrected chi connectivity index (χ1v) is 11.3. The third kappa shape index (κ3) is 6.41. The highest BCUT2D eigenvalue weighted by Crippen LogP contribution is 2.22. The number of hydrogen-bond acceptors (Lipinski definition) is 6. The maximum absolute atomic E-state index is 12.5. The second-order valence-corrected chi connectivity index (χ2v) is 7.75. The molecular formula is C22H24IN3O5. The molecule has 0 saturated carbocycles. The molecule has 0 radical (unpaired) electrons. The van der Waals surface area contributed by atoms with Gasteiger partial charge in [0.1, 0.15) is 17.5 Å².